The number of oxime groups is 4. The van der Waals surface area contributed by atoms with Gasteiger partial charge in [0.2, 0.25) is 0 Å². The summed E-state index contributed by atoms with van der Waals surface area (Å²) in [6.45, 7) is 3.94. The number of unbranched alkanes of at least 4 members (excludes halogenated alkanes) is 2. The third-order valence-corrected chi connectivity index (χ3v) is 7.18. The number of aliphatic imine (C=N–C) groups is 2. The Hall–Kier alpha value is -4.40. The monoisotopic (exact) mass is 652 g/mol. The lowest BCUT2D eigenvalue weighted by Gasteiger charge is -2.39. The van der Waals surface area contributed by atoms with Crippen LogP contribution in [0.25, 0.3) is 0 Å². The summed E-state index contributed by atoms with van der Waals surface area (Å²) >= 11 is 6.54. The number of hydrogen-bond donors (Lipinski definition) is 2. The predicted molar refractivity (Wildman–Crippen MR) is 183 cm³/mol. The first-order chi connectivity index (χ1) is 22.3. The zero-order valence-electron chi connectivity index (χ0n) is 26.7. The number of hydroxylamine groups is 2. The van der Waals surface area contributed by atoms with Crippen LogP contribution in [0.5, 0.6) is 0 Å². The number of rotatable bonds is 8. The van der Waals surface area contributed by atoms with Crippen LogP contribution in [0.4, 0.5) is 0 Å². The highest BCUT2D eigenvalue weighted by Gasteiger charge is 2.42. The van der Waals surface area contributed by atoms with Crippen molar-refractivity contribution < 1.29 is 28.5 Å². The van der Waals surface area contributed by atoms with E-state index in [9.17, 15) is 0 Å². The zero-order valence-corrected chi connectivity index (χ0v) is 27.4. The van der Waals surface area contributed by atoms with Crippen molar-refractivity contribution >= 4 is 70.0 Å². The van der Waals surface area contributed by atoms with Crippen molar-refractivity contribution in [1.29, 1.82) is 0 Å². The summed E-state index contributed by atoms with van der Waals surface area (Å²) in [5, 5.41) is 16.9. The number of fused-ring (bicyclic) bond motifs is 11. The molecule has 17 heteroatoms. The number of halogens is 1. The Labute approximate surface area is 273 Å². The van der Waals surface area contributed by atoms with Crippen LogP contribution in [0.15, 0.2) is 91.3 Å². The predicted octanol–water partition coefficient (Wildman–Crippen LogP) is 3.89. The summed E-state index contributed by atoms with van der Waals surface area (Å²) in [5.41, 5.74) is 7.31. The average Bonchev–Trinajstić information content (AvgIpc) is 3.09. The third-order valence-electron chi connectivity index (χ3n) is 6.84. The zero-order chi connectivity index (χ0) is 32.8. The molecular formula is C29H39B2ClN8O6-2. The van der Waals surface area contributed by atoms with Gasteiger partial charge in [0.1, 0.15) is 17.1 Å². The van der Waals surface area contributed by atoms with Crippen LogP contribution in [0, 0.1) is 0 Å². The van der Waals surface area contributed by atoms with Crippen molar-refractivity contribution in [3.05, 3.63) is 60.7 Å². The van der Waals surface area contributed by atoms with Gasteiger partial charge in [-0.25, -0.2) is 0 Å². The van der Waals surface area contributed by atoms with E-state index in [1.165, 1.54) is 0 Å². The number of benzene rings is 2. The second-order valence-electron chi connectivity index (χ2n) is 10.5. The Kier molecular flexibility index (Phi) is 12.6. The molecule has 0 amide bonds. The van der Waals surface area contributed by atoms with Crippen LogP contribution < -0.4 is 21.9 Å². The van der Waals surface area contributed by atoms with Crippen LogP contribution in [-0.4, -0.2) is 60.6 Å². The maximum absolute atomic E-state index is 6.54. The molecule has 5 rings (SSSR count). The molecule has 2 bridgehead atoms. The lowest BCUT2D eigenvalue weighted by atomic mass is 9.70. The topological polar surface area (TPSA) is 154 Å². The molecule has 2 atom stereocenters. The third kappa shape index (κ3) is 8.86. The van der Waals surface area contributed by atoms with Gasteiger partial charge in [-0.3, -0.25) is 20.9 Å². The van der Waals surface area contributed by atoms with Gasteiger partial charge in [0.25, 0.3) is 0 Å². The highest BCUT2D eigenvalue weighted by molar-refractivity contribution is 6.84. The van der Waals surface area contributed by atoms with Gasteiger partial charge >= 0.3 is 13.5 Å². The van der Waals surface area contributed by atoms with E-state index in [1.807, 2.05) is 12.1 Å². The van der Waals surface area contributed by atoms with E-state index in [2.05, 4.69) is 55.4 Å². The van der Waals surface area contributed by atoms with Crippen LogP contribution >= 0.6 is 11.6 Å². The molecule has 0 aliphatic carbocycles. The van der Waals surface area contributed by atoms with Gasteiger partial charge in [-0.1, -0.05) is 110 Å². The quantitative estimate of drug-likeness (QED) is 0.322. The minimum Gasteiger partial charge on any atom is -0.546 e. The first-order valence-corrected chi connectivity index (χ1v) is 15.7. The summed E-state index contributed by atoms with van der Waals surface area (Å²) in [4.78, 5) is 9.31. The van der Waals surface area contributed by atoms with Crippen molar-refractivity contribution in [2.75, 3.05) is 13.1 Å². The van der Waals surface area contributed by atoms with Gasteiger partial charge in [-0.2, -0.15) is 0 Å². The highest BCUT2D eigenvalue weighted by Crippen LogP contribution is 2.17. The Balaban J connectivity index is 1.99. The molecule has 3 aliphatic heterocycles. The lowest BCUT2D eigenvalue weighted by Crippen LogP contribution is -2.60. The number of hydrogen-bond acceptors (Lipinski definition) is 12. The Bertz CT molecular complexity index is 1380. The second-order valence-corrected chi connectivity index (χ2v) is 10.9. The standard InChI is InChI=1S/C29H39B2ClN8O6/c1-6-8-20-33-28-24(5)37-43-31(26-18-14-11-15-19-26)44-38-27(32)22(3)35-41-30(45-39-28,25-16-12-10-13-17-25)42-36-23(4)29(40-46-31)34-21-9-7-2/h10-19H,6-9,20-21H2,1-5H3,(H,33,39)(H,34,40)/q-2/b35-22-,36-23?,37-24-,38-27?. The molecule has 2 unspecified atom stereocenters. The molecule has 3 aliphatic rings. The van der Waals surface area contributed by atoms with E-state index in [0.29, 0.717) is 24.0 Å². The molecule has 0 aromatic heterocycles. The molecule has 246 valence electrons. The fourth-order valence-corrected chi connectivity index (χ4v) is 4.11. The minimum atomic E-state index is -3.04. The van der Waals surface area contributed by atoms with Crippen molar-refractivity contribution in [2.24, 2.45) is 30.6 Å². The normalized spacial score (nSPS) is 26.6. The maximum Gasteiger partial charge on any atom is 0.583 e. The van der Waals surface area contributed by atoms with Crippen LogP contribution in [0.3, 0.4) is 0 Å². The molecule has 2 N–H and O–H groups in total. The lowest BCUT2D eigenvalue weighted by molar-refractivity contribution is 0.0519. The summed E-state index contributed by atoms with van der Waals surface area (Å²) in [6, 6.07) is 17.8. The van der Waals surface area contributed by atoms with Crippen LogP contribution in [0.2, 0.25) is 0 Å². The van der Waals surface area contributed by atoms with E-state index in [1.54, 1.807) is 69.3 Å². The molecule has 0 radical (unpaired) electrons. The van der Waals surface area contributed by atoms with Crippen molar-refractivity contribution in [1.82, 2.24) is 11.0 Å². The Morgan fingerprint density at radius 2 is 1.00 bits per heavy atom. The number of amidine groups is 2. The Morgan fingerprint density at radius 3 is 1.41 bits per heavy atom. The molecule has 2 aromatic carbocycles. The summed E-state index contributed by atoms with van der Waals surface area (Å²) in [5.74, 6) is 0.451. The highest BCUT2D eigenvalue weighted by atomic mass is 35.5. The summed E-state index contributed by atoms with van der Waals surface area (Å²) in [6.07, 6.45) is 3.47. The van der Waals surface area contributed by atoms with Gasteiger partial charge in [0.15, 0.2) is 16.8 Å². The first kappa shape index (κ1) is 34.5. The molecule has 46 heavy (non-hydrogen) atoms. The van der Waals surface area contributed by atoms with E-state index < -0.39 is 13.5 Å². The van der Waals surface area contributed by atoms with Crippen molar-refractivity contribution in [3.8, 4) is 0 Å². The molecule has 3 heterocycles. The average molecular weight is 653 g/mol. The van der Waals surface area contributed by atoms with Gasteiger partial charge in [0.05, 0.1) is 0 Å². The molecule has 2 aromatic rings. The van der Waals surface area contributed by atoms with Gasteiger partial charge in [-0.05, 0) is 33.6 Å². The van der Waals surface area contributed by atoms with E-state index >= 15 is 0 Å². The fourth-order valence-electron chi connectivity index (χ4n) is 4.04. The van der Waals surface area contributed by atoms with E-state index in [4.69, 9.17) is 40.1 Å². The largest absolute Gasteiger partial charge is 0.583 e. The van der Waals surface area contributed by atoms with Gasteiger partial charge < -0.3 is 28.5 Å². The van der Waals surface area contributed by atoms with E-state index in [0.717, 1.165) is 25.7 Å². The molecule has 14 nitrogen and oxygen atoms in total. The smallest absolute Gasteiger partial charge is 0.546 e. The molecule has 0 fully saturated rings. The summed E-state index contributed by atoms with van der Waals surface area (Å²) < 4.78 is 36.7. The van der Waals surface area contributed by atoms with Gasteiger partial charge in [0, 0.05) is 13.1 Å². The van der Waals surface area contributed by atoms with Crippen molar-refractivity contribution in [2.45, 2.75) is 60.3 Å². The SMILES string of the molecule is CCCCN=C1NO[B-]2(c3ccccc3)ON=C(Cl)/C(C)=N\O[B-](c3ccccc3)(ON=C1C)ONC(=NCCCC)/C(C)=N\O2. The molecule has 0 saturated carbocycles. The second kappa shape index (κ2) is 16.8. The number of nitrogens with zero attached hydrogens (tertiary/aromatic N) is 6. The summed E-state index contributed by atoms with van der Waals surface area (Å²) in [7, 11) is 0. The van der Waals surface area contributed by atoms with Crippen LogP contribution in [-0.2, 0) is 28.5 Å². The molecule has 0 spiro atoms. The molecular weight excluding hydrogens is 613 g/mol. The Morgan fingerprint density at radius 1 is 0.609 bits per heavy atom. The van der Waals surface area contributed by atoms with Crippen molar-refractivity contribution in [3.63, 3.8) is 0 Å². The van der Waals surface area contributed by atoms with Gasteiger partial charge in [-0.15, -0.1) is 20.6 Å². The fraction of sp³-hybridized carbons (Fsp3) is 0.379. The van der Waals surface area contributed by atoms with Crippen LogP contribution in [0.1, 0.15) is 60.3 Å². The first-order valence-electron chi connectivity index (χ1n) is 15.3. The number of nitrogens with one attached hydrogen (secondary N) is 2. The van der Waals surface area contributed by atoms with E-state index in [-0.39, 0.29) is 34.0 Å². The minimum absolute atomic E-state index is 0.120. The maximum atomic E-state index is 6.54. The molecule has 0 saturated heterocycles.